The first-order valence-corrected chi connectivity index (χ1v) is 9.67. The Kier molecular flexibility index (Phi) is 5.68. The summed E-state index contributed by atoms with van der Waals surface area (Å²) < 4.78 is 24.4. The van der Waals surface area contributed by atoms with Crippen molar-refractivity contribution < 1.29 is 23.6 Å². The molecule has 0 bridgehead atoms. The molecule has 1 heterocycles. The fraction of sp³-hybridized carbons (Fsp3) is 0.227. The van der Waals surface area contributed by atoms with E-state index in [0.717, 1.165) is 0 Å². The van der Waals surface area contributed by atoms with Gasteiger partial charge in [-0.15, -0.1) is 0 Å². The number of fused-ring (bicyclic) bond motifs is 1. The predicted octanol–water partition coefficient (Wildman–Crippen LogP) is 4.25. The zero-order chi connectivity index (χ0) is 22.0. The average molecular weight is 425 g/mol. The van der Waals surface area contributed by atoms with Gasteiger partial charge in [-0.3, -0.25) is 10.1 Å². The summed E-state index contributed by atoms with van der Waals surface area (Å²) in [5.74, 6) is -1.21. The van der Waals surface area contributed by atoms with Crippen LogP contribution >= 0.6 is 0 Å². The number of nitrogens with zero attached hydrogens (tertiary/aromatic N) is 2. The fourth-order valence-corrected chi connectivity index (χ4v) is 3.70. The van der Waals surface area contributed by atoms with Crippen molar-refractivity contribution in [2.24, 2.45) is 0 Å². The van der Waals surface area contributed by atoms with E-state index in [4.69, 9.17) is 9.47 Å². The standard InChI is InChI=1S/C22H20FN3O5/c1-30-22(27)17-12-14(25-8-10-31-11-9-25)13-20(21(17)26(28)29)24-19-7-6-18(23)15-4-2-3-5-16(15)19/h2-7,12-13,24H,8-11H2,1H3. The minimum atomic E-state index is -0.811. The molecule has 0 radical (unpaired) electrons. The van der Waals surface area contributed by atoms with E-state index in [1.165, 1.54) is 25.3 Å². The van der Waals surface area contributed by atoms with Crippen LogP contribution in [0.1, 0.15) is 10.4 Å². The van der Waals surface area contributed by atoms with E-state index in [-0.39, 0.29) is 11.3 Å². The largest absolute Gasteiger partial charge is 0.465 e. The van der Waals surface area contributed by atoms with Gasteiger partial charge in [0.15, 0.2) is 0 Å². The lowest BCUT2D eigenvalue weighted by Gasteiger charge is -2.29. The molecule has 8 nitrogen and oxygen atoms in total. The van der Waals surface area contributed by atoms with Crippen molar-refractivity contribution in [3.63, 3.8) is 0 Å². The third-order valence-electron chi connectivity index (χ3n) is 5.20. The van der Waals surface area contributed by atoms with E-state index in [9.17, 15) is 19.3 Å². The zero-order valence-corrected chi connectivity index (χ0v) is 16.8. The number of nitro groups is 1. The molecule has 1 saturated heterocycles. The lowest BCUT2D eigenvalue weighted by molar-refractivity contribution is -0.384. The Morgan fingerprint density at radius 2 is 1.84 bits per heavy atom. The maximum Gasteiger partial charge on any atom is 0.345 e. The van der Waals surface area contributed by atoms with Crippen molar-refractivity contribution in [2.75, 3.05) is 43.6 Å². The molecular formula is C22H20FN3O5. The SMILES string of the molecule is COC(=O)c1cc(N2CCOCC2)cc(Nc2ccc(F)c3ccccc23)c1[N+](=O)[O-]. The summed E-state index contributed by atoms with van der Waals surface area (Å²) in [6.07, 6.45) is 0. The Morgan fingerprint density at radius 1 is 1.13 bits per heavy atom. The van der Waals surface area contributed by atoms with E-state index in [1.807, 2.05) is 4.90 Å². The van der Waals surface area contributed by atoms with Crippen LogP contribution in [-0.2, 0) is 9.47 Å². The Morgan fingerprint density at radius 3 is 2.52 bits per heavy atom. The second kappa shape index (κ2) is 8.57. The Balaban J connectivity index is 1.88. The van der Waals surface area contributed by atoms with Crippen molar-refractivity contribution in [1.82, 2.24) is 0 Å². The van der Waals surface area contributed by atoms with Crippen molar-refractivity contribution in [3.8, 4) is 0 Å². The minimum absolute atomic E-state index is 0.117. The Labute approximate surface area is 177 Å². The second-order valence-corrected chi connectivity index (χ2v) is 7.00. The van der Waals surface area contributed by atoms with Gasteiger partial charge in [-0.05, 0) is 24.3 Å². The van der Waals surface area contributed by atoms with Crippen LogP contribution in [0.15, 0.2) is 48.5 Å². The summed E-state index contributed by atoms with van der Waals surface area (Å²) in [7, 11) is 1.17. The summed E-state index contributed by atoms with van der Waals surface area (Å²) in [6, 6.07) is 12.7. The first-order chi connectivity index (χ1) is 15.0. The summed E-state index contributed by atoms with van der Waals surface area (Å²) in [4.78, 5) is 25.7. The molecule has 0 amide bonds. The van der Waals surface area contributed by atoms with Crippen LogP contribution in [0.4, 0.5) is 27.1 Å². The van der Waals surface area contributed by atoms with Crippen LogP contribution in [0, 0.1) is 15.9 Å². The molecule has 1 aliphatic rings. The first kappa shape index (κ1) is 20.5. The number of hydrogen-bond donors (Lipinski definition) is 1. The molecule has 3 aromatic carbocycles. The van der Waals surface area contributed by atoms with E-state index < -0.39 is 22.4 Å². The molecular weight excluding hydrogens is 405 g/mol. The van der Waals surface area contributed by atoms with E-state index in [2.05, 4.69) is 5.32 Å². The van der Waals surface area contributed by atoms with E-state index in [1.54, 1.807) is 30.3 Å². The van der Waals surface area contributed by atoms with Gasteiger partial charge in [-0.2, -0.15) is 0 Å². The normalized spacial score (nSPS) is 13.8. The molecule has 1 aliphatic heterocycles. The third kappa shape index (κ3) is 3.99. The molecule has 0 atom stereocenters. The Hall–Kier alpha value is -3.72. The number of rotatable bonds is 5. The van der Waals surface area contributed by atoms with Gasteiger partial charge in [-0.1, -0.05) is 24.3 Å². The van der Waals surface area contributed by atoms with Gasteiger partial charge < -0.3 is 19.7 Å². The number of nitro benzene ring substituents is 1. The number of anilines is 3. The fourth-order valence-electron chi connectivity index (χ4n) is 3.70. The molecule has 3 aromatic rings. The maximum absolute atomic E-state index is 14.2. The molecule has 0 aromatic heterocycles. The zero-order valence-electron chi connectivity index (χ0n) is 16.8. The first-order valence-electron chi connectivity index (χ1n) is 9.67. The quantitative estimate of drug-likeness (QED) is 0.371. The highest BCUT2D eigenvalue weighted by Gasteiger charge is 2.29. The number of benzene rings is 3. The van der Waals surface area contributed by atoms with Crippen molar-refractivity contribution in [2.45, 2.75) is 0 Å². The number of hydrogen-bond acceptors (Lipinski definition) is 7. The van der Waals surface area contributed by atoms with Crippen molar-refractivity contribution in [1.29, 1.82) is 0 Å². The summed E-state index contributed by atoms with van der Waals surface area (Å²) in [5.41, 5.74) is 0.659. The van der Waals surface area contributed by atoms with Gasteiger partial charge >= 0.3 is 11.7 Å². The summed E-state index contributed by atoms with van der Waals surface area (Å²) >= 11 is 0. The molecule has 1 fully saturated rings. The monoisotopic (exact) mass is 425 g/mol. The summed E-state index contributed by atoms with van der Waals surface area (Å²) in [5, 5.41) is 15.9. The lowest BCUT2D eigenvalue weighted by atomic mass is 10.1. The van der Waals surface area contributed by atoms with Crippen LogP contribution in [0.25, 0.3) is 10.8 Å². The topological polar surface area (TPSA) is 93.9 Å². The number of carbonyl (C=O) groups is 1. The van der Waals surface area contributed by atoms with Crippen LogP contribution in [0.2, 0.25) is 0 Å². The highest BCUT2D eigenvalue weighted by molar-refractivity contribution is 6.01. The van der Waals surface area contributed by atoms with Crippen LogP contribution in [-0.4, -0.2) is 44.3 Å². The van der Waals surface area contributed by atoms with Crippen molar-refractivity contribution >= 4 is 39.5 Å². The minimum Gasteiger partial charge on any atom is -0.465 e. The summed E-state index contributed by atoms with van der Waals surface area (Å²) in [6.45, 7) is 2.18. The second-order valence-electron chi connectivity index (χ2n) is 7.00. The molecule has 0 saturated carbocycles. The number of carbonyl (C=O) groups excluding carboxylic acids is 1. The maximum atomic E-state index is 14.2. The van der Waals surface area contributed by atoms with Crippen LogP contribution in [0.5, 0.6) is 0 Å². The van der Waals surface area contributed by atoms with Gasteiger partial charge in [0, 0.05) is 35.2 Å². The number of nitrogens with one attached hydrogen (secondary N) is 1. The molecule has 9 heteroatoms. The molecule has 1 N–H and O–H groups in total. The van der Waals surface area contributed by atoms with Gasteiger partial charge in [-0.25, -0.2) is 9.18 Å². The smallest absolute Gasteiger partial charge is 0.345 e. The molecule has 4 rings (SSSR count). The van der Waals surface area contributed by atoms with Gasteiger partial charge in [0.1, 0.15) is 17.1 Å². The molecule has 0 spiro atoms. The van der Waals surface area contributed by atoms with E-state index in [0.29, 0.717) is 48.5 Å². The number of morpholine rings is 1. The van der Waals surface area contributed by atoms with E-state index >= 15 is 0 Å². The van der Waals surface area contributed by atoms with Crippen molar-refractivity contribution in [3.05, 3.63) is 70.0 Å². The van der Waals surface area contributed by atoms with Crippen LogP contribution in [0.3, 0.4) is 0 Å². The molecule has 160 valence electrons. The van der Waals surface area contributed by atoms with Crippen LogP contribution < -0.4 is 10.2 Å². The number of halogens is 1. The molecule has 0 aliphatic carbocycles. The average Bonchev–Trinajstić information content (AvgIpc) is 2.80. The van der Waals surface area contributed by atoms with Gasteiger partial charge in [0.25, 0.3) is 0 Å². The highest BCUT2D eigenvalue weighted by atomic mass is 19.1. The number of esters is 1. The van der Waals surface area contributed by atoms with Gasteiger partial charge in [0.05, 0.1) is 25.2 Å². The van der Waals surface area contributed by atoms with Gasteiger partial charge in [0.2, 0.25) is 0 Å². The predicted molar refractivity (Wildman–Crippen MR) is 115 cm³/mol. The lowest BCUT2D eigenvalue weighted by Crippen LogP contribution is -2.36. The number of ether oxygens (including phenoxy) is 2. The molecule has 31 heavy (non-hydrogen) atoms. The highest BCUT2D eigenvalue weighted by Crippen LogP contribution is 2.38. The Bertz CT molecular complexity index is 1160. The third-order valence-corrected chi connectivity index (χ3v) is 5.20. The number of methoxy groups -OCH3 is 1. The molecule has 0 unspecified atom stereocenters.